The summed E-state index contributed by atoms with van der Waals surface area (Å²) in [6, 6.07) is 0.536. The lowest BCUT2D eigenvalue weighted by atomic mass is 9.96. The van der Waals surface area contributed by atoms with E-state index in [0.29, 0.717) is 11.5 Å². The SMILES string of the molecule is CC1C=CNN1CC(C)(C)C. The van der Waals surface area contributed by atoms with Crippen LogP contribution < -0.4 is 5.43 Å². The van der Waals surface area contributed by atoms with Crippen LogP contribution in [0, 0.1) is 5.41 Å². The van der Waals surface area contributed by atoms with Gasteiger partial charge in [-0.1, -0.05) is 20.8 Å². The Balaban J connectivity index is 2.40. The van der Waals surface area contributed by atoms with Gasteiger partial charge in [0.15, 0.2) is 0 Å². The van der Waals surface area contributed by atoms with Crippen LogP contribution in [0.5, 0.6) is 0 Å². The third-order valence-corrected chi connectivity index (χ3v) is 1.75. The molecule has 1 unspecified atom stereocenters. The molecule has 0 aromatic rings. The van der Waals surface area contributed by atoms with Crippen molar-refractivity contribution >= 4 is 0 Å². The molecule has 1 rings (SSSR count). The van der Waals surface area contributed by atoms with Crippen molar-refractivity contribution in [2.75, 3.05) is 6.54 Å². The van der Waals surface area contributed by atoms with Gasteiger partial charge in [0.1, 0.15) is 0 Å². The molecule has 64 valence electrons. The second-order valence-corrected chi connectivity index (χ2v) is 4.42. The Kier molecular flexibility index (Phi) is 2.23. The summed E-state index contributed by atoms with van der Waals surface area (Å²) < 4.78 is 0. The normalized spacial score (nSPS) is 25.6. The Bertz CT molecular complexity index is 155. The zero-order valence-electron chi connectivity index (χ0n) is 7.89. The van der Waals surface area contributed by atoms with Gasteiger partial charge in [0.25, 0.3) is 0 Å². The largest absolute Gasteiger partial charge is 0.326 e. The average molecular weight is 154 g/mol. The molecular formula is C9H18N2. The Morgan fingerprint density at radius 1 is 1.45 bits per heavy atom. The van der Waals surface area contributed by atoms with Gasteiger partial charge in [-0.05, 0) is 18.4 Å². The molecule has 0 spiro atoms. The predicted molar refractivity (Wildman–Crippen MR) is 47.9 cm³/mol. The van der Waals surface area contributed by atoms with Crippen molar-refractivity contribution in [3.63, 3.8) is 0 Å². The number of nitrogens with one attached hydrogen (secondary N) is 1. The van der Waals surface area contributed by atoms with Crippen molar-refractivity contribution in [3.05, 3.63) is 12.3 Å². The van der Waals surface area contributed by atoms with Crippen LogP contribution in [-0.4, -0.2) is 17.6 Å². The lowest BCUT2D eigenvalue weighted by Crippen LogP contribution is -2.41. The van der Waals surface area contributed by atoms with Gasteiger partial charge < -0.3 is 5.43 Å². The molecule has 0 saturated carbocycles. The highest BCUT2D eigenvalue weighted by molar-refractivity contribution is 4.96. The average Bonchev–Trinajstić information content (AvgIpc) is 2.12. The van der Waals surface area contributed by atoms with Gasteiger partial charge >= 0.3 is 0 Å². The topological polar surface area (TPSA) is 15.3 Å². The molecule has 1 aliphatic rings. The maximum Gasteiger partial charge on any atom is 0.0460 e. The van der Waals surface area contributed by atoms with E-state index < -0.39 is 0 Å². The van der Waals surface area contributed by atoms with Crippen LogP contribution in [0.25, 0.3) is 0 Å². The molecule has 0 saturated heterocycles. The monoisotopic (exact) mass is 154 g/mol. The van der Waals surface area contributed by atoms with Gasteiger partial charge in [0.2, 0.25) is 0 Å². The van der Waals surface area contributed by atoms with E-state index in [1.54, 1.807) is 0 Å². The molecule has 0 fully saturated rings. The van der Waals surface area contributed by atoms with Crippen LogP contribution in [0.4, 0.5) is 0 Å². The summed E-state index contributed by atoms with van der Waals surface area (Å²) in [6.45, 7) is 10.0. The minimum Gasteiger partial charge on any atom is -0.326 e. The van der Waals surface area contributed by atoms with Gasteiger partial charge in [-0.2, -0.15) is 0 Å². The zero-order chi connectivity index (χ0) is 8.48. The van der Waals surface area contributed by atoms with Crippen molar-refractivity contribution in [2.24, 2.45) is 5.41 Å². The molecule has 0 aliphatic carbocycles. The first-order valence-electron chi connectivity index (χ1n) is 4.18. The first-order chi connectivity index (χ1) is 4.99. The maximum absolute atomic E-state index is 3.22. The van der Waals surface area contributed by atoms with Crippen molar-refractivity contribution in [1.29, 1.82) is 0 Å². The standard InChI is InChI=1S/C9H18N2/c1-8-5-6-10-11(8)7-9(2,3)4/h5-6,8,10H,7H2,1-4H3. The highest BCUT2D eigenvalue weighted by Gasteiger charge is 2.20. The van der Waals surface area contributed by atoms with Crippen molar-refractivity contribution < 1.29 is 0 Å². The highest BCUT2D eigenvalue weighted by atomic mass is 15.5. The van der Waals surface area contributed by atoms with E-state index in [9.17, 15) is 0 Å². The first-order valence-corrected chi connectivity index (χ1v) is 4.18. The molecule has 1 atom stereocenters. The lowest BCUT2D eigenvalue weighted by Gasteiger charge is -2.29. The minimum atomic E-state index is 0.368. The fraction of sp³-hybridized carbons (Fsp3) is 0.778. The van der Waals surface area contributed by atoms with Gasteiger partial charge in [-0.15, -0.1) is 0 Å². The van der Waals surface area contributed by atoms with Crippen LogP contribution in [-0.2, 0) is 0 Å². The molecule has 1 N–H and O–H groups in total. The number of hydrogen-bond donors (Lipinski definition) is 1. The van der Waals surface area contributed by atoms with E-state index >= 15 is 0 Å². The first kappa shape index (κ1) is 8.60. The van der Waals surface area contributed by atoms with E-state index in [0.717, 1.165) is 6.54 Å². The van der Waals surface area contributed by atoms with Crippen LogP contribution in [0.3, 0.4) is 0 Å². The van der Waals surface area contributed by atoms with Gasteiger partial charge in [-0.25, -0.2) is 5.01 Å². The van der Waals surface area contributed by atoms with Crippen LogP contribution in [0.2, 0.25) is 0 Å². The van der Waals surface area contributed by atoms with E-state index in [-0.39, 0.29) is 0 Å². The smallest absolute Gasteiger partial charge is 0.0460 e. The number of hydrazine groups is 1. The number of hydrogen-bond acceptors (Lipinski definition) is 2. The third-order valence-electron chi connectivity index (χ3n) is 1.75. The predicted octanol–water partition coefficient (Wildman–Crippen LogP) is 1.75. The fourth-order valence-electron chi connectivity index (χ4n) is 1.20. The summed E-state index contributed by atoms with van der Waals surface area (Å²) in [6.07, 6.45) is 4.18. The minimum absolute atomic E-state index is 0.368. The molecule has 2 heteroatoms. The number of rotatable bonds is 1. The summed E-state index contributed by atoms with van der Waals surface area (Å²) in [5, 5.41) is 2.25. The zero-order valence-corrected chi connectivity index (χ0v) is 7.89. The molecule has 0 aromatic carbocycles. The van der Waals surface area contributed by atoms with Crippen molar-refractivity contribution in [2.45, 2.75) is 33.7 Å². The second-order valence-electron chi connectivity index (χ2n) is 4.42. The van der Waals surface area contributed by atoms with E-state index in [4.69, 9.17) is 0 Å². The molecule has 2 nitrogen and oxygen atoms in total. The number of nitrogens with zero attached hydrogens (tertiary/aromatic N) is 1. The van der Waals surface area contributed by atoms with Gasteiger partial charge in [0.05, 0.1) is 0 Å². The Labute approximate surface area is 69.2 Å². The fourth-order valence-corrected chi connectivity index (χ4v) is 1.20. The Morgan fingerprint density at radius 3 is 2.45 bits per heavy atom. The van der Waals surface area contributed by atoms with E-state index in [1.807, 2.05) is 6.20 Å². The van der Waals surface area contributed by atoms with Crippen molar-refractivity contribution in [1.82, 2.24) is 10.4 Å². The molecule has 11 heavy (non-hydrogen) atoms. The second kappa shape index (κ2) is 2.86. The molecule has 0 bridgehead atoms. The molecule has 0 amide bonds. The van der Waals surface area contributed by atoms with E-state index in [1.165, 1.54) is 0 Å². The van der Waals surface area contributed by atoms with Crippen molar-refractivity contribution in [3.8, 4) is 0 Å². The highest BCUT2D eigenvalue weighted by Crippen LogP contribution is 2.17. The maximum atomic E-state index is 3.22. The summed E-state index contributed by atoms with van der Waals surface area (Å²) in [5.41, 5.74) is 3.58. The molecule has 0 aromatic heterocycles. The third kappa shape index (κ3) is 2.54. The van der Waals surface area contributed by atoms with Gasteiger partial charge in [-0.3, -0.25) is 0 Å². The summed E-state index contributed by atoms with van der Waals surface area (Å²) in [7, 11) is 0. The summed E-state index contributed by atoms with van der Waals surface area (Å²) >= 11 is 0. The lowest BCUT2D eigenvalue weighted by molar-refractivity contribution is 0.144. The molecular weight excluding hydrogens is 136 g/mol. The van der Waals surface area contributed by atoms with Crippen LogP contribution >= 0.6 is 0 Å². The molecule has 1 aliphatic heterocycles. The van der Waals surface area contributed by atoms with Crippen LogP contribution in [0.1, 0.15) is 27.7 Å². The Morgan fingerprint density at radius 2 is 2.09 bits per heavy atom. The summed E-state index contributed by atoms with van der Waals surface area (Å²) in [5.74, 6) is 0. The van der Waals surface area contributed by atoms with E-state index in [2.05, 4.69) is 44.2 Å². The quantitative estimate of drug-likeness (QED) is 0.619. The molecule has 1 heterocycles. The Hall–Kier alpha value is -0.500. The van der Waals surface area contributed by atoms with Crippen LogP contribution in [0.15, 0.2) is 12.3 Å². The summed E-state index contributed by atoms with van der Waals surface area (Å²) in [4.78, 5) is 0. The van der Waals surface area contributed by atoms with Gasteiger partial charge in [0, 0.05) is 18.8 Å². The molecule has 0 radical (unpaired) electrons.